The van der Waals surface area contributed by atoms with Gasteiger partial charge in [-0.1, -0.05) is 115 Å². The van der Waals surface area contributed by atoms with Gasteiger partial charge in [-0.15, -0.1) is 11.3 Å². The monoisotopic (exact) mass is 707 g/mol. The maximum absolute atomic E-state index is 6.74. The third-order valence-electron chi connectivity index (χ3n) is 11.0. The lowest BCUT2D eigenvalue weighted by Crippen LogP contribution is -2.10. The number of furan rings is 2. The molecule has 0 unspecified atom stereocenters. The van der Waals surface area contributed by atoms with Crippen LogP contribution in [0.3, 0.4) is 0 Å². The lowest BCUT2D eigenvalue weighted by atomic mass is 9.99. The maximum Gasteiger partial charge on any atom is 0.137 e. The van der Waals surface area contributed by atoms with Crippen molar-refractivity contribution in [2.24, 2.45) is 0 Å². The highest BCUT2D eigenvalue weighted by Crippen LogP contribution is 2.50. The van der Waals surface area contributed by atoms with Crippen molar-refractivity contribution in [1.29, 1.82) is 0 Å². The summed E-state index contributed by atoms with van der Waals surface area (Å²) in [6.45, 7) is 0. The van der Waals surface area contributed by atoms with Crippen molar-refractivity contribution in [1.82, 2.24) is 0 Å². The van der Waals surface area contributed by atoms with E-state index in [9.17, 15) is 0 Å². The summed E-state index contributed by atoms with van der Waals surface area (Å²) in [5.74, 6) is 0. The van der Waals surface area contributed by atoms with E-state index in [0.717, 1.165) is 60.9 Å². The van der Waals surface area contributed by atoms with E-state index in [1.54, 1.807) is 0 Å². The molecule has 4 heteroatoms. The topological polar surface area (TPSA) is 29.5 Å². The number of benzene rings is 9. The highest BCUT2D eigenvalue weighted by atomic mass is 32.1. The lowest BCUT2D eigenvalue weighted by molar-refractivity contribution is 0.669. The number of hydrogen-bond donors (Lipinski definition) is 0. The molecule has 0 spiro atoms. The van der Waals surface area contributed by atoms with Crippen LogP contribution in [-0.2, 0) is 0 Å². The summed E-state index contributed by atoms with van der Waals surface area (Å²) < 4.78 is 15.8. The number of fused-ring (bicyclic) bond motifs is 13. The van der Waals surface area contributed by atoms with E-state index in [-0.39, 0.29) is 0 Å². The van der Waals surface area contributed by atoms with Gasteiger partial charge in [-0.2, -0.15) is 0 Å². The molecule has 3 aromatic heterocycles. The van der Waals surface area contributed by atoms with Crippen LogP contribution in [0, 0.1) is 0 Å². The molecule has 0 amide bonds. The molecule has 0 saturated heterocycles. The first-order valence-electron chi connectivity index (χ1n) is 18.2. The van der Waals surface area contributed by atoms with Crippen molar-refractivity contribution in [2.45, 2.75) is 0 Å². The SMILES string of the molecule is c1ccc2cc(-c3ccc(N(c4cccc5oc6ccccc6c45)c4cccc5oc6ccc7sc8c9ccccc9ccc8c7c6c45)cc3)ccc2c1. The molecule has 0 aliphatic heterocycles. The van der Waals surface area contributed by atoms with Crippen LogP contribution >= 0.6 is 11.3 Å². The lowest BCUT2D eigenvalue weighted by Gasteiger charge is -2.27. The average Bonchev–Trinajstić information content (AvgIpc) is 3.93. The fourth-order valence-corrected chi connectivity index (χ4v) is 9.84. The quantitative estimate of drug-likeness (QED) is 0.182. The molecule has 0 fully saturated rings. The van der Waals surface area contributed by atoms with Gasteiger partial charge >= 0.3 is 0 Å². The van der Waals surface area contributed by atoms with Crippen LogP contribution in [0.15, 0.2) is 185 Å². The van der Waals surface area contributed by atoms with E-state index in [0.29, 0.717) is 0 Å². The van der Waals surface area contributed by atoms with Gasteiger partial charge in [0.15, 0.2) is 0 Å². The predicted molar refractivity (Wildman–Crippen MR) is 229 cm³/mol. The Morgan fingerprint density at radius 3 is 1.85 bits per heavy atom. The molecule has 0 bridgehead atoms. The van der Waals surface area contributed by atoms with E-state index in [1.807, 2.05) is 23.5 Å². The van der Waals surface area contributed by atoms with Crippen molar-refractivity contribution in [3.05, 3.63) is 176 Å². The molecular formula is C50H29NO2S. The van der Waals surface area contributed by atoms with E-state index >= 15 is 0 Å². The Kier molecular flexibility index (Phi) is 6.21. The molecule has 0 N–H and O–H groups in total. The summed E-state index contributed by atoms with van der Waals surface area (Å²) >= 11 is 1.86. The molecular weight excluding hydrogens is 679 g/mol. The molecule has 252 valence electrons. The summed E-state index contributed by atoms with van der Waals surface area (Å²) in [6.07, 6.45) is 0. The van der Waals surface area contributed by atoms with Gasteiger partial charge in [0.25, 0.3) is 0 Å². The summed E-state index contributed by atoms with van der Waals surface area (Å²) in [5.41, 5.74) is 8.98. The van der Waals surface area contributed by atoms with Gasteiger partial charge in [0.05, 0.1) is 22.1 Å². The smallest absolute Gasteiger partial charge is 0.137 e. The fourth-order valence-electron chi connectivity index (χ4n) is 8.59. The van der Waals surface area contributed by atoms with Crippen molar-refractivity contribution in [2.75, 3.05) is 4.90 Å². The molecule has 0 saturated carbocycles. The Hall–Kier alpha value is -6.88. The van der Waals surface area contributed by atoms with E-state index < -0.39 is 0 Å². The second-order valence-electron chi connectivity index (χ2n) is 14.0. The number of anilines is 3. The number of thiophene rings is 1. The van der Waals surface area contributed by atoms with Gasteiger partial charge in [-0.05, 0) is 93.3 Å². The Bertz CT molecular complexity index is 3460. The first kappa shape index (κ1) is 29.7. The van der Waals surface area contributed by atoms with Gasteiger partial charge in [-0.3, -0.25) is 0 Å². The standard InChI is InChI=1S/C50H29NO2S/c1-2-11-33-29-34(20-19-30(33)9-1)31-21-24-35(25-22-31)51(39-14-7-17-42-46(39)37-13-5-6-16-41(37)52-42)40-15-8-18-43-48(40)49-44(53-43)27-28-45-47(49)38-26-23-32-10-3-4-12-36(32)50(38)54-45/h1-29H. The van der Waals surface area contributed by atoms with Crippen molar-refractivity contribution in [3.63, 3.8) is 0 Å². The molecule has 12 aromatic rings. The molecule has 0 radical (unpaired) electrons. The van der Waals surface area contributed by atoms with Crippen LogP contribution in [0.2, 0.25) is 0 Å². The number of nitrogens with zero attached hydrogens (tertiary/aromatic N) is 1. The fraction of sp³-hybridized carbons (Fsp3) is 0. The van der Waals surface area contributed by atoms with Crippen LogP contribution in [0.5, 0.6) is 0 Å². The summed E-state index contributed by atoms with van der Waals surface area (Å²) in [6, 6.07) is 62.9. The minimum Gasteiger partial charge on any atom is -0.456 e. The molecule has 12 rings (SSSR count). The van der Waals surface area contributed by atoms with Gasteiger partial charge < -0.3 is 13.7 Å². The second kappa shape index (κ2) is 11.3. The first-order chi connectivity index (χ1) is 26.8. The first-order valence-corrected chi connectivity index (χ1v) is 19.1. The predicted octanol–water partition coefficient (Wildman–Crippen LogP) is 15.3. The molecule has 0 atom stereocenters. The summed E-state index contributed by atoms with van der Waals surface area (Å²) in [4.78, 5) is 2.40. The Labute approximate surface area is 313 Å². The number of hydrogen-bond acceptors (Lipinski definition) is 4. The van der Waals surface area contributed by atoms with Crippen molar-refractivity contribution in [3.8, 4) is 11.1 Å². The zero-order valence-corrected chi connectivity index (χ0v) is 29.7. The second-order valence-corrected chi connectivity index (χ2v) is 15.1. The van der Waals surface area contributed by atoms with Gasteiger partial charge in [0, 0.05) is 36.6 Å². The molecule has 54 heavy (non-hydrogen) atoms. The summed E-state index contributed by atoms with van der Waals surface area (Å²) in [5, 5.41) is 11.9. The van der Waals surface area contributed by atoms with Crippen molar-refractivity contribution < 1.29 is 8.83 Å². The zero-order valence-electron chi connectivity index (χ0n) is 28.9. The molecule has 9 aromatic carbocycles. The summed E-state index contributed by atoms with van der Waals surface area (Å²) in [7, 11) is 0. The molecule has 3 nitrogen and oxygen atoms in total. The largest absolute Gasteiger partial charge is 0.456 e. The molecule has 0 aliphatic rings. The normalized spacial score (nSPS) is 12.1. The number of rotatable bonds is 4. The van der Waals surface area contributed by atoms with Gasteiger partial charge in [-0.25, -0.2) is 0 Å². The van der Waals surface area contributed by atoms with E-state index in [2.05, 4.69) is 169 Å². The third kappa shape index (κ3) is 4.29. The zero-order chi connectivity index (χ0) is 35.3. The van der Waals surface area contributed by atoms with E-state index in [1.165, 1.54) is 52.8 Å². The Morgan fingerprint density at radius 2 is 1.00 bits per heavy atom. The maximum atomic E-state index is 6.74. The molecule has 3 heterocycles. The minimum atomic E-state index is 0.855. The van der Waals surface area contributed by atoms with Crippen molar-refractivity contribution >= 4 is 114 Å². The Balaban J connectivity index is 1.15. The highest BCUT2D eigenvalue weighted by molar-refractivity contribution is 7.27. The van der Waals surface area contributed by atoms with Crippen LogP contribution in [0.1, 0.15) is 0 Å². The van der Waals surface area contributed by atoms with Crippen LogP contribution in [-0.4, -0.2) is 0 Å². The van der Waals surface area contributed by atoms with Crippen LogP contribution in [0.4, 0.5) is 17.1 Å². The van der Waals surface area contributed by atoms with Gasteiger partial charge in [0.2, 0.25) is 0 Å². The average molecular weight is 708 g/mol. The van der Waals surface area contributed by atoms with Crippen LogP contribution < -0.4 is 4.90 Å². The highest BCUT2D eigenvalue weighted by Gasteiger charge is 2.25. The van der Waals surface area contributed by atoms with Crippen LogP contribution in [0.25, 0.3) is 96.7 Å². The third-order valence-corrected chi connectivity index (χ3v) is 12.2. The minimum absolute atomic E-state index is 0.855. The molecule has 0 aliphatic carbocycles. The Morgan fingerprint density at radius 1 is 0.370 bits per heavy atom. The van der Waals surface area contributed by atoms with Gasteiger partial charge in [0.1, 0.15) is 22.3 Å². The van der Waals surface area contributed by atoms with E-state index in [4.69, 9.17) is 8.83 Å². The number of para-hydroxylation sites is 1.